The number of anilines is 1. The van der Waals surface area contributed by atoms with Crippen LogP contribution in [0.25, 0.3) is 10.9 Å². The fourth-order valence-corrected chi connectivity index (χ4v) is 5.52. The summed E-state index contributed by atoms with van der Waals surface area (Å²) in [5.74, 6) is -1.09. The van der Waals surface area contributed by atoms with E-state index >= 15 is 4.39 Å². The van der Waals surface area contributed by atoms with Crippen LogP contribution in [0, 0.1) is 5.82 Å². The number of pyridine rings is 1. The van der Waals surface area contributed by atoms with Crippen molar-refractivity contribution in [3.8, 4) is 5.75 Å². The molecule has 1 aromatic heterocycles. The molecule has 1 saturated heterocycles. The second-order valence-electron chi connectivity index (χ2n) is 8.40. The Kier molecular flexibility index (Phi) is 6.25. The van der Waals surface area contributed by atoms with Crippen molar-refractivity contribution in [3.63, 3.8) is 0 Å². The molecule has 34 heavy (non-hydrogen) atoms. The lowest BCUT2D eigenvalue weighted by atomic mass is 10.1. The molecule has 0 amide bonds. The lowest BCUT2D eigenvalue weighted by Gasteiger charge is -2.38. The average molecular weight is 485 g/mol. The molecule has 3 aromatic rings. The van der Waals surface area contributed by atoms with Gasteiger partial charge in [-0.15, -0.1) is 0 Å². The molecule has 1 saturated carbocycles. The van der Waals surface area contributed by atoms with E-state index in [1.807, 2.05) is 39.8 Å². The van der Waals surface area contributed by atoms with Gasteiger partial charge in [0.25, 0.3) is 0 Å². The highest BCUT2D eigenvalue weighted by atomic mass is 31.2. The molecular weight excluding hydrogens is 460 g/mol. The summed E-state index contributed by atoms with van der Waals surface area (Å²) in [5, 5.41) is 9.53. The van der Waals surface area contributed by atoms with Gasteiger partial charge in [-0.2, -0.15) is 0 Å². The molecule has 2 aromatic carbocycles. The summed E-state index contributed by atoms with van der Waals surface area (Å²) < 4.78 is 30.7. The molecule has 5 rings (SSSR count). The molecule has 2 aliphatic rings. The SMILES string of the molecule is COP(Oc1ccccc1)N1CCN(c2cc3c(cc2F)c(=O)c(C(=O)O)cn3C2CC2)CC1. The molecule has 8 nitrogen and oxygen atoms in total. The number of aromatic carboxylic acids is 1. The van der Waals surface area contributed by atoms with E-state index in [4.69, 9.17) is 9.05 Å². The number of para-hydroxylation sites is 1. The van der Waals surface area contributed by atoms with Gasteiger partial charge in [0.15, 0.2) is 0 Å². The van der Waals surface area contributed by atoms with E-state index in [9.17, 15) is 14.7 Å². The highest BCUT2D eigenvalue weighted by Crippen LogP contribution is 2.43. The van der Waals surface area contributed by atoms with Gasteiger partial charge in [-0.25, -0.2) is 13.9 Å². The second kappa shape index (κ2) is 9.33. The van der Waals surface area contributed by atoms with E-state index in [1.165, 1.54) is 12.3 Å². The fourth-order valence-electron chi connectivity index (χ4n) is 4.29. The summed E-state index contributed by atoms with van der Waals surface area (Å²) in [6.45, 7) is 2.36. The second-order valence-corrected chi connectivity index (χ2v) is 9.99. The number of carbonyl (C=O) groups is 1. The number of benzene rings is 2. The molecule has 2 heterocycles. The van der Waals surface area contributed by atoms with Crippen LogP contribution in [0.4, 0.5) is 10.1 Å². The predicted molar refractivity (Wildman–Crippen MR) is 128 cm³/mol. The summed E-state index contributed by atoms with van der Waals surface area (Å²) in [6, 6.07) is 12.5. The minimum absolute atomic E-state index is 0.103. The van der Waals surface area contributed by atoms with Crippen LogP contribution in [-0.4, -0.2) is 53.6 Å². The zero-order valence-electron chi connectivity index (χ0n) is 18.7. The van der Waals surface area contributed by atoms with Crippen LogP contribution in [-0.2, 0) is 4.52 Å². The number of aromatic nitrogens is 1. The monoisotopic (exact) mass is 485 g/mol. The van der Waals surface area contributed by atoms with Crippen molar-refractivity contribution in [1.82, 2.24) is 9.24 Å². The maximum absolute atomic E-state index is 15.2. The fraction of sp³-hybridized carbons (Fsp3) is 0.333. The zero-order chi connectivity index (χ0) is 23.8. The Balaban J connectivity index is 1.39. The largest absolute Gasteiger partial charge is 0.477 e. The minimum atomic E-state index is -1.30. The number of hydrogen-bond acceptors (Lipinski definition) is 6. The van der Waals surface area contributed by atoms with Crippen molar-refractivity contribution in [2.75, 3.05) is 38.2 Å². The minimum Gasteiger partial charge on any atom is -0.477 e. The van der Waals surface area contributed by atoms with Crippen LogP contribution in [0.3, 0.4) is 0 Å². The van der Waals surface area contributed by atoms with Gasteiger partial charge in [-0.05, 0) is 37.1 Å². The maximum atomic E-state index is 15.2. The Morgan fingerprint density at radius 2 is 1.82 bits per heavy atom. The van der Waals surface area contributed by atoms with Gasteiger partial charge in [-0.1, -0.05) is 18.2 Å². The van der Waals surface area contributed by atoms with Crippen molar-refractivity contribution in [1.29, 1.82) is 0 Å². The van der Waals surface area contributed by atoms with Gasteiger partial charge < -0.3 is 23.6 Å². The van der Waals surface area contributed by atoms with E-state index in [-0.39, 0.29) is 17.0 Å². The summed E-state index contributed by atoms with van der Waals surface area (Å²) in [4.78, 5) is 26.2. The summed E-state index contributed by atoms with van der Waals surface area (Å²) in [5.41, 5.74) is 0.00241. The van der Waals surface area contributed by atoms with Crippen molar-refractivity contribution < 1.29 is 23.3 Å². The molecule has 1 aliphatic carbocycles. The number of nitrogens with zero attached hydrogens (tertiary/aromatic N) is 3. The molecule has 0 spiro atoms. The molecule has 1 N–H and O–H groups in total. The third-order valence-electron chi connectivity index (χ3n) is 6.18. The highest BCUT2D eigenvalue weighted by molar-refractivity contribution is 7.45. The van der Waals surface area contributed by atoms with Gasteiger partial charge in [0.2, 0.25) is 5.43 Å². The van der Waals surface area contributed by atoms with Gasteiger partial charge in [0.1, 0.15) is 17.1 Å². The lowest BCUT2D eigenvalue weighted by Crippen LogP contribution is -2.45. The van der Waals surface area contributed by atoms with Crippen LogP contribution >= 0.6 is 8.53 Å². The van der Waals surface area contributed by atoms with Crippen molar-refractivity contribution in [2.24, 2.45) is 0 Å². The first-order valence-electron chi connectivity index (χ1n) is 11.1. The number of piperazine rings is 1. The van der Waals surface area contributed by atoms with Crippen LogP contribution in [0.2, 0.25) is 0 Å². The predicted octanol–water partition coefficient (Wildman–Crippen LogP) is 4.25. The topological polar surface area (TPSA) is 84.2 Å². The Labute approximate surface area is 197 Å². The van der Waals surface area contributed by atoms with Gasteiger partial charge >= 0.3 is 14.5 Å². The molecule has 0 radical (unpaired) electrons. The Morgan fingerprint density at radius 3 is 2.44 bits per heavy atom. The number of fused-ring (bicyclic) bond motifs is 1. The number of rotatable bonds is 7. The van der Waals surface area contributed by atoms with Crippen molar-refractivity contribution in [3.05, 3.63) is 70.3 Å². The molecule has 1 atom stereocenters. The summed E-state index contributed by atoms with van der Waals surface area (Å²) >= 11 is 0. The molecule has 2 fully saturated rings. The Morgan fingerprint density at radius 1 is 1.12 bits per heavy atom. The van der Waals surface area contributed by atoms with Gasteiger partial charge in [-0.3, -0.25) is 4.79 Å². The van der Waals surface area contributed by atoms with E-state index in [2.05, 4.69) is 4.67 Å². The zero-order valence-corrected chi connectivity index (χ0v) is 19.6. The summed E-state index contributed by atoms with van der Waals surface area (Å²) in [6.07, 6.45) is 3.21. The van der Waals surface area contributed by atoms with Crippen molar-refractivity contribution >= 4 is 31.1 Å². The molecule has 1 unspecified atom stereocenters. The summed E-state index contributed by atoms with van der Waals surface area (Å²) in [7, 11) is 0.333. The molecular formula is C24H25FN3O5P. The van der Waals surface area contributed by atoms with Crippen LogP contribution < -0.4 is 14.9 Å². The molecule has 1 aliphatic heterocycles. The van der Waals surface area contributed by atoms with Crippen LogP contribution in [0.1, 0.15) is 29.2 Å². The lowest BCUT2D eigenvalue weighted by molar-refractivity contribution is 0.0695. The van der Waals surface area contributed by atoms with E-state index < -0.39 is 25.7 Å². The van der Waals surface area contributed by atoms with E-state index in [1.54, 1.807) is 13.2 Å². The highest BCUT2D eigenvalue weighted by Gasteiger charge is 2.30. The Bertz CT molecular complexity index is 1270. The number of hydrogen-bond donors (Lipinski definition) is 1. The average Bonchev–Trinajstić information content (AvgIpc) is 3.69. The van der Waals surface area contributed by atoms with Crippen molar-refractivity contribution in [2.45, 2.75) is 18.9 Å². The first kappa shape index (κ1) is 22.8. The quantitative estimate of drug-likeness (QED) is 0.501. The normalized spacial score (nSPS) is 17.6. The molecule has 0 bridgehead atoms. The number of halogens is 1. The van der Waals surface area contributed by atoms with Crippen LogP contribution in [0.5, 0.6) is 5.75 Å². The first-order valence-corrected chi connectivity index (χ1v) is 12.3. The molecule has 10 heteroatoms. The first-order chi connectivity index (χ1) is 16.5. The Hall–Kier alpha value is -3.00. The smallest absolute Gasteiger partial charge is 0.341 e. The van der Waals surface area contributed by atoms with Gasteiger partial charge in [0, 0.05) is 50.9 Å². The third kappa shape index (κ3) is 4.39. The standard InChI is InChI=1S/C24H25FN3O5P/c1-32-34(33-17-5-3-2-4-6-17)27-11-9-26(10-12-27)22-14-21-18(13-20(22)25)23(29)19(24(30)31)15-28(21)16-7-8-16/h2-6,13-16H,7-12H2,1H3,(H,30,31). The maximum Gasteiger partial charge on any atom is 0.341 e. The van der Waals surface area contributed by atoms with Gasteiger partial charge in [0.05, 0.1) is 11.2 Å². The third-order valence-corrected chi connectivity index (χ3v) is 7.72. The molecule has 178 valence electrons. The van der Waals surface area contributed by atoms with Crippen LogP contribution in [0.15, 0.2) is 53.5 Å². The van der Waals surface area contributed by atoms with E-state index in [0.717, 1.165) is 18.6 Å². The number of carboxylic acid groups (broad SMARTS) is 1. The number of carboxylic acids is 1. The van der Waals surface area contributed by atoms with E-state index in [0.29, 0.717) is 37.4 Å².